The fraction of sp³-hybridized carbons (Fsp3) is 0.192. The number of carbonyl (C=O) groups excluding carboxylic acids is 2. The zero-order valence-corrected chi connectivity index (χ0v) is 18.5. The van der Waals surface area contributed by atoms with Crippen LogP contribution in [-0.4, -0.2) is 34.9 Å². The molecule has 0 atom stereocenters. The quantitative estimate of drug-likeness (QED) is 0.567. The van der Waals surface area contributed by atoms with E-state index >= 15 is 0 Å². The molecular weight excluding hydrogens is 418 g/mol. The number of hydrogen-bond donors (Lipinski definition) is 2. The molecule has 0 aromatic heterocycles. The highest BCUT2D eigenvalue weighted by Gasteiger charge is 2.23. The Balaban J connectivity index is 1.42. The first-order valence-corrected chi connectivity index (χ1v) is 11.1. The van der Waals surface area contributed by atoms with Gasteiger partial charge in [0.1, 0.15) is 0 Å². The molecule has 3 aromatic carbocycles. The van der Waals surface area contributed by atoms with Crippen molar-refractivity contribution in [1.82, 2.24) is 10.2 Å². The number of amides is 2. The first kappa shape index (κ1) is 21.7. The zero-order valence-electron chi connectivity index (χ0n) is 17.7. The van der Waals surface area contributed by atoms with Crippen molar-refractivity contribution in [2.45, 2.75) is 18.8 Å². The number of carbonyl (C=O) groups is 2. The summed E-state index contributed by atoms with van der Waals surface area (Å²) < 4.78 is 0. The molecule has 3 aromatic rings. The minimum atomic E-state index is -0.474. The molecule has 1 heterocycles. The van der Waals surface area contributed by atoms with Gasteiger partial charge in [0.05, 0.1) is 5.92 Å². The van der Waals surface area contributed by atoms with Crippen LogP contribution < -0.4 is 10.6 Å². The maximum atomic E-state index is 13.1. The number of rotatable bonds is 5. The van der Waals surface area contributed by atoms with Crippen molar-refractivity contribution in [3.05, 3.63) is 102 Å². The van der Waals surface area contributed by atoms with Crippen LogP contribution in [0.4, 0.5) is 5.69 Å². The van der Waals surface area contributed by atoms with Gasteiger partial charge in [0.25, 0.3) is 5.91 Å². The largest absolute Gasteiger partial charge is 0.339 e. The van der Waals surface area contributed by atoms with Gasteiger partial charge in [-0.2, -0.15) is 0 Å². The number of likely N-dealkylation sites (tertiary alicyclic amines) is 1. The van der Waals surface area contributed by atoms with Crippen molar-refractivity contribution in [2.24, 2.45) is 0 Å². The Hall–Kier alpha value is -3.51. The van der Waals surface area contributed by atoms with Gasteiger partial charge in [0.2, 0.25) is 5.91 Å². The summed E-state index contributed by atoms with van der Waals surface area (Å²) in [6.45, 7) is 1.64. The molecule has 0 radical (unpaired) electrons. The first-order valence-electron chi connectivity index (χ1n) is 10.7. The van der Waals surface area contributed by atoms with Gasteiger partial charge in [-0.3, -0.25) is 9.59 Å². The lowest BCUT2D eigenvalue weighted by atomic mass is 9.90. The van der Waals surface area contributed by atoms with Crippen LogP contribution in [0.2, 0.25) is 0 Å². The molecule has 162 valence electrons. The van der Waals surface area contributed by atoms with E-state index in [1.807, 2.05) is 65.6 Å². The Bertz CT molecular complexity index is 1040. The topological polar surface area (TPSA) is 61.4 Å². The van der Waals surface area contributed by atoms with Gasteiger partial charge in [-0.25, -0.2) is 0 Å². The van der Waals surface area contributed by atoms with Gasteiger partial charge in [-0.15, -0.1) is 0 Å². The molecule has 1 aliphatic heterocycles. The summed E-state index contributed by atoms with van der Waals surface area (Å²) in [7, 11) is 0. The molecule has 0 unspecified atom stereocenters. The zero-order chi connectivity index (χ0) is 22.3. The molecule has 0 bridgehead atoms. The smallest absolute Gasteiger partial charge is 0.253 e. The van der Waals surface area contributed by atoms with Crippen LogP contribution in [-0.2, 0) is 4.79 Å². The van der Waals surface area contributed by atoms with Gasteiger partial charge in [0, 0.05) is 24.3 Å². The van der Waals surface area contributed by atoms with E-state index in [1.165, 1.54) is 0 Å². The minimum Gasteiger partial charge on any atom is -0.339 e. The lowest BCUT2D eigenvalue weighted by Gasteiger charge is -2.19. The van der Waals surface area contributed by atoms with Gasteiger partial charge < -0.3 is 15.5 Å². The molecule has 2 amide bonds. The van der Waals surface area contributed by atoms with Crippen LogP contribution in [0.1, 0.15) is 40.2 Å². The lowest BCUT2D eigenvalue weighted by Crippen LogP contribution is -2.37. The average Bonchev–Trinajstić information content (AvgIpc) is 3.36. The molecule has 1 saturated heterocycles. The van der Waals surface area contributed by atoms with Crippen molar-refractivity contribution in [3.63, 3.8) is 0 Å². The van der Waals surface area contributed by atoms with Crippen LogP contribution in [0, 0.1) is 0 Å². The predicted molar refractivity (Wildman–Crippen MR) is 131 cm³/mol. The van der Waals surface area contributed by atoms with Crippen molar-refractivity contribution in [2.75, 3.05) is 18.4 Å². The Kier molecular flexibility index (Phi) is 6.92. The minimum absolute atomic E-state index is 0.0542. The monoisotopic (exact) mass is 443 g/mol. The molecule has 0 spiro atoms. The predicted octanol–water partition coefficient (Wildman–Crippen LogP) is 4.57. The highest BCUT2D eigenvalue weighted by molar-refractivity contribution is 7.80. The third-order valence-corrected chi connectivity index (χ3v) is 5.75. The molecule has 5 nitrogen and oxygen atoms in total. The van der Waals surface area contributed by atoms with Gasteiger partial charge >= 0.3 is 0 Å². The van der Waals surface area contributed by atoms with Gasteiger partial charge in [-0.1, -0.05) is 60.7 Å². The van der Waals surface area contributed by atoms with Gasteiger partial charge in [0.15, 0.2) is 5.11 Å². The molecule has 1 aliphatic rings. The van der Waals surface area contributed by atoms with Crippen molar-refractivity contribution in [3.8, 4) is 0 Å². The molecule has 4 rings (SSSR count). The summed E-state index contributed by atoms with van der Waals surface area (Å²) in [6.07, 6.45) is 2.12. The molecule has 2 N–H and O–H groups in total. The maximum Gasteiger partial charge on any atom is 0.253 e. The molecule has 0 saturated carbocycles. The second-order valence-electron chi connectivity index (χ2n) is 7.77. The van der Waals surface area contributed by atoms with Crippen LogP contribution >= 0.6 is 12.2 Å². The van der Waals surface area contributed by atoms with Crippen LogP contribution in [0.25, 0.3) is 0 Å². The summed E-state index contributed by atoms with van der Waals surface area (Å²) >= 11 is 5.38. The van der Waals surface area contributed by atoms with E-state index in [-0.39, 0.29) is 16.9 Å². The van der Waals surface area contributed by atoms with Crippen molar-refractivity contribution >= 4 is 34.8 Å². The van der Waals surface area contributed by atoms with E-state index in [4.69, 9.17) is 12.2 Å². The van der Waals surface area contributed by atoms with Gasteiger partial charge in [-0.05, 0) is 60.5 Å². The number of thiocarbonyl (C=S) groups is 1. The van der Waals surface area contributed by atoms with Crippen LogP contribution in [0.15, 0.2) is 84.9 Å². The number of nitrogens with one attached hydrogen (secondary N) is 2. The summed E-state index contributed by atoms with van der Waals surface area (Å²) in [6, 6.07) is 26.4. The van der Waals surface area contributed by atoms with E-state index < -0.39 is 5.92 Å². The normalized spacial score (nSPS) is 13.1. The number of hydrogen-bond acceptors (Lipinski definition) is 3. The van der Waals surface area contributed by atoms with E-state index in [1.54, 1.807) is 24.3 Å². The second kappa shape index (κ2) is 10.2. The van der Waals surface area contributed by atoms with E-state index in [2.05, 4.69) is 10.6 Å². The summed E-state index contributed by atoms with van der Waals surface area (Å²) in [5.74, 6) is -0.628. The first-order chi connectivity index (χ1) is 15.6. The highest BCUT2D eigenvalue weighted by Crippen LogP contribution is 2.25. The molecular formula is C26H25N3O2S. The number of benzene rings is 3. The van der Waals surface area contributed by atoms with Crippen LogP contribution in [0.5, 0.6) is 0 Å². The Morgan fingerprint density at radius 2 is 1.31 bits per heavy atom. The number of nitrogens with zero attached hydrogens (tertiary/aromatic N) is 1. The summed E-state index contributed by atoms with van der Waals surface area (Å²) in [5.41, 5.74) is 3.15. The maximum absolute atomic E-state index is 13.1. The molecule has 0 aliphatic carbocycles. The van der Waals surface area contributed by atoms with Crippen molar-refractivity contribution in [1.29, 1.82) is 0 Å². The van der Waals surface area contributed by atoms with E-state index in [0.717, 1.165) is 37.1 Å². The summed E-state index contributed by atoms with van der Waals surface area (Å²) in [5, 5.41) is 6.07. The standard InChI is InChI=1S/C26H25N3O2S/c30-24(23(19-9-3-1-4-10-19)20-11-5-2-6-12-20)28-26(32)27-22-15-13-21(14-16-22)25(31)29-17-7-8-18-29/h1-6,9-16,23H,7-8,17-18H2,(H2,27,28,30,32). The average molecular weight is 444 g/mol. The lowest BCUT2D eigenvalue weighted by molar-refractivity contribution is -0.120. The fourth-order valence-corrected chi connectivity index (χ4v) is 4.15. The highest BCUT2D eigenvalue weighted by atomic mass is 32.1. The fourth-order valence-electron chi connectivity index (χ4n) is 3.93. The SMILES string of the molecule is O=C(NC(=S)Nc1ccc(C(=O)N2CCCC2)cc1)C(c1ccccc1)c1ccccc1. The molecule has 1 fully saturated rings. The summed E-state index contributed by atoms with van der Waals surface area (Å²) in [4.78, 5) is 27.5. The molecule has 32 heavy (non-hydrogen) atoms. The Labute approximate surface area is 193 Å². The van der Waals surface area contributed by atoms with Crippen molar-refractivity contribution < 1.29 is 9.59 Å². The van der Waals surface area contributed by atoms with Crippen LogP contribution in [0.3, 0.4) is 0 Å². The Morgan fingerprint density at radius 1 is 0.781 bits per heavy atom. The number of anilines is 1. The Morgan fingerprint density at radius 3 is 1.84 bits per heavy atom. The second-order valence-corrected chi connectivity index (χ2v) is 8.18. The molecule has 6 heteroatoms. The third kappa shape index (κ3) is 5.21. The van der Waals surface area contributed by atoms with E-state index in [0.29, 0.717) is 11.3 Å². The van der Waals surface area contributed by atoms with E-state index in [9.17, 15) is 9.59 Å². The third-order valence-electron chi connectivity index (χ3n) is 5.55.